The highest BCUT2D eigenvalue weighted by atomic mass is 32.2. The SMILES string of the molecule is CC(C)(C(=O)NS(=O)(=O)CC1CCOC1)c1cccc(C#N)c1. The fourth-order valence-corrected chi connectivity index (χ4v) is 3.95. The van der Waals surface area contributed by atoms with Crippen LogP contribution in [0.2, 0.25) is 0 Å². The van der Waals surface area contributed by atoms with Gasteiger partial charge in [0, 0.05) is 12.5 Å². The lowest BCUT2D eigenvalue weighted by atomic mass is 9.83. The molecule has 0 spiro atoms. The van der Waals surface area contributed by atoms with Crippen molar-refractivity contribution in [1.82, 2.24) is 4.72 Å². The van der Waals surface area contributed by atoms with Gasteiger partial charge in [0.05, 0.1) is 29.4 Å². The molecule has 1 aliphatic rings. The third-order valence-corrected chi connectivity index (χ3v) is 5.41. The standard InChI is InChI=1S/C16H20N2O4S/c1-16(2,14-5-3-4-12(8-14)9-17)15(19)18-23(20,21)11-13-6-7-22-10-13/h3-5,8,13H,6-7,10-11H2,1-2H3,(H,18,19). The Bertz CT molecular complexity index is 729. The summed E-state index contributed by atoms with van der Waals surface area (Å²) in [6, 6.07) is 8.62. The Morgan fingerprint density at radius 1 is 1.48 bits per heavy atom. The van der Waals surface area contributed by atoms with Crippen molar-refractivity contribution in [2.24, 2.45) is 5.92 Å². The number of carbonyl (C=O) groups is 1. The average molecular weight is 336 g/mol. The molecule has 1 aromatic carbocycles. The third-order valence-electron chi connectivity index (χ3n) is 4.01. The van der Waals surface area contributed by atoms with Gasteiger partial charge >= 0.3 is 0 Å². The number of carbonyl (C=O) groups excluding carboxylic acids is 1. The number of rotatable bonds is 5. The molecular formula is C16H20N2O4S. The molecule has 124 valence electrons. The van der Waals surface area contributed by atoms with Gasteiger partial charge in [0.25, 0.3) is 0 Å². The van der Waals surface area contributed by atoms with Crippen molar-refractivity contribution in [3.8, 4) is 6.07 Å². The van der Waals surface area contributed by atoms with Gasteiger partial charge < -0.3 is 4.74 Å². The second-order valence-corrected chi connectivity index (χ2v) is 8.03. The highest BCUT2D eigenvalue weighted by Crippen LogP contribution is 2.25. The van der Waals surface area contributed by atoms with E-state index in [1.54, 1.807) is 38.1 Å². The quantitative estimate of drug-likeness (QED) is 0.875. The molecule has 0 radical (unpaired) electrons. The van der Waals surface area contributed by atoms with Crippen LogP contribution >= 0.6 is 0 Å². The third kappa shape index (κ3) is 4.30. The second-order valence-electron chi connectivity index (χ2n) is 6.26. The molecule has 1 atom stereocenters. The molecule has 1 heterocycles. The Labute approximate surface area is 136 Å². The molecule has 0 saturated carbocycles. The van der Waals surface area contributed by atoms with E-state index in [2.05, 4.69) is 4.72 Å². The van der Waals surface area contributed by atoms with E-state index in [9.17, 15) is 13.2 Å². The van der Waals surface area contributed by atoms with E-state index in [1.165, 1.54) is 0 Å². The number of nitrogens with one attached hydrogen (secondary N) is 1. The predicted molar refractivity (Wildman–Crippen MR) is 85.0 cm³/mol. The Morgan fingerprint density at radius 2 is 2.22 bits per heavy atom. The molecule has 0 aromatic heterocycles. The monoisotopic (exact) mass is 336 g/mol. The van der Waals surface area contributed by atoms with E-state index in [0.29, 0.717) is 30.8 Å². The largest absolute Gasteiger partial charge is 0.381 e. The molecule has 1 amide bonds. The Balaban J connectivity index is 2.12. The maximum Gasteiger partial charge on any atom is 0.243 e. The number of amides is 1. The summed E-state index contributed by atoms with van der Waals surface area (Å²) in [7, 11) is -3.72. The minimum Gasteiger partial charge on any atom is -0.381 e. The molecule has 23 heavy (non-hydrogen) atoms. The summed E-state index contributed by atoms with van der Waals surface area (Å²) in [6.07, 6.45) is 0.683. The summed E-state index contributed by atoms with van der Waals surface area (Å²) in [5.41, 5.74) is -0.0469. The smallest absolute Gasteiger partial charge is 0.243 e. The van der Waals surface area contributed by atoms with Crippen LogP contribution in [0.5, 0.6) is 0 Å². The molecule has 1 unspecified atom stereocenters. The summed E-state index contributed by atoms with van der Waals surface area (Å²) in [5.74, 6) is -0.801. The van der Waals surface area contributed by atoms with Crippen LogP contribution in [-0.2, 0) is 25.0 Å². The van der Waals surface area contributed by atoms with E-state index in [0.717, 1.165) is 0 Å². The molecule has 1 aliphatic heterocycles. The van der Waals surface area contributed by atoms with Crippen LogP contribution in [0.15, 0.2) is 24.3 Å². The van der Waals surface area contributed by atoms with Gasteiger partial charge in [-0.3, -0.25) is 9.52 Å². The van der Waals surface area contributed by atoms with Crippen LogP contribution in [0.1, 0.15) is 31.4 Å². The zero-order valence-corrected chi connectivity index (χ0v) is 14.0. The van der Waals surface area contributed by atoms with Crippen LogP contribution in [0.25, 0.3) is 0 Å². The second kappa shape index (κ2) is 6.69. The van der Waals surface area contributed by atoms with E-state index in [1.807, 2.05) is 6.07 Å². The van der Waals surface area contributed by atoms with E-state index >= 15 is 0 Å². The Hall–Kier alpha value is -1.91. The molecule has 1 N–H and O–H groups in total. The molecule has 2 rings (SSSR count). The van der Waals surface area contributed by atoms with Gasteiger partial charge in [0.15, 0.2) is 0 Å². The van der Waals surface area contributed by atoms with Crippen molar-refractivity contribution < 1.29 is 17.9 Å². The molecule has 6 nitrogen and oxygen atoms in total. The lowest BCUT2D eigenvalue weighted by Gasteiger charge is -2.24. The summed E-state index contributed by atoms with van der Waals surface area (Å²) >= 11 is 0. The van der Waals surface area contributed by atoms with Crippen molar-refractivity contribution in [3.63, 3.8) is 0 Å². The zero-order chi connectivity index (χ0) is 17.1. The van der Waals surface area contributed by atoms with E-state index in [4.69, 9.17) is 10.00 Å². The van der Waals surface area contributed by atoms with Crippen molar-refractivity contribution in [2.75, 3.05) is 19.0 Å². The maximum absolute atomic E-state index is 12.4. The first-order valence-corrected chi connectivity index (χ1v) is 9.03. The van der Waals surface area contributed by atoms with Gasteiger partial charge in [-0.05, 0) is 38.0 Å². The van der Waals surface area contributed by atoms with Crippen molar-refractivity contribution in [1.29, 1.82) is 5.26 Å². The molecular weight excluding hydrogens is 316 g/mol. The predicted octanol–water partition coefficient (Wildman–Crippen LogP) is 1.32. The molecule has 1 fully saturated rings. The molecule has 0 bridgehead atoms. The summed E-state index contributed by atoms with van der Waals surface area (Å²) in [4.78, 5) is 12.4. The van der Waals surface area contributed by atoms with Gasteiger partial charge in [0.1, 0.15) is 0 Å². The number of hydrogen-bond acceptors (Lipinski definition) is 5. The maximum atomic E-state index is 12.4. The van der Waals surface area contributed by atoms with Crippen molar-refractivity contribution >= 4 is 15.9 Å². The summed E-state index contributed by atoms with van der Waals surface area (Å²) in [5, 5.41) is 8.95. The van der Waals surface area contributed by atoms with Gasteiger partial charge in [0.2, 0.25) is 15.9 Å². The van der Waals surface area contributed by atoms with Gasteiger partial charge in [-0.1, -0.05) is 12.1 Å². The van der Waals surface area contributed by atoms with Crippen LogP contribution in [-0.4, -0.2) is 33.3 Å². The number of nitrogens with zero attached hydrogens (tertiary/aromatic N) is 1. The van der Waals surface area contributed by atoms with Gasteiger partial charge in [-0.15, -0.1) is 0 Å². The number of sulfonamides is 1. The van der Waals surface area contributed by atoms with Gasteiger partial charge in [-0.25, -0.2) is 8.42 Å². The first kappa shape index (κ1) is 17.4. The fraction of sp³-hybridized carbons (Fsp3) is 0.500. The van der Waals surface area contributed by atoms with Crippen LogP contribution in [0, 0.1) is 17.2 Å². The van der Waals surface area contributed by atoms with Crippen LogP contribution < -0.4 is 4.72 Å². The summed E-state index contributed by atoms with van der Waals surface area (Å²) < 4.78 is 31.6. The Kier molecular flexibility index (Phi) is 5.07. The average Bonchev–Trinajstić information content (AvgIpc) is 2.98. The first-order chi connectivity index (χ1) is 10.7. The molecule has 1 saturated heterocycles. The number of hydrogen-bond donors (Lipinski definition) is 1. The zero-order valence-electron chi connectivity index (χ0n) is 13.2. The van der Waals surface area contributed by atoms with Crippen LogP contribution in [0.3, 0.4) is 0 Å². The number of nitriles is 1. The number of ether oxygens (including phenoxy) is 1. The highest BCUT2D eigenvalue weighted by Gasteiger charge is 2.34. The number of benzene rings is 1. The normalized spacial score (nSPS) is 18.4. The molecule has 7 heteroatoms. The minimum atomic E-state index is -3.72. The lowest BCUT2D eigenvalue weighted by Crippen LogP contribution is -2.44. The lowest BCUT2D eigenvalue weighted by molar-refractivity contribution is -0.123. The van der Waals surface area contributed by atoms with Gasteiger partial charge in [-0.2, -0.15) is 5.26 Å². The minimum absolute atomic E-state index is 0.0784. The first-order valence-electron chi connectivity index (χ1n) is 7.38. The van der Waals surface area contributed by atoms with E-state index < -0.39 is 21.3 Å². The van der Waals surface area contributed by atoms with Crippen molar-refractivity contribution in [2.45, 2.75) is 25.7 Å². The Morgan fingerprint density at radius 3 is 2.83 bits per heavy atom. The topological polar surface area (TPSA) is 96.3 Å². The van der Waals surface area contributed by atoms with Crippen LogP contribution in [0.4, 0.5) is 0 Å². The fourth-order valence-electron chi connectivity index (χ4n) is 2.44. The highest BCUT2D eigenvalue weighted by molar-refractivity contribution is 7.90. The van der Waals surface area contributed by atoms with Crippen molar-refractivity contribution in [3.05, 3.63) is 35.4 Å². The molecule has 1 aromatic rings. The summed E-state index contributed by atoms with van der Waals surface area (Å²) in [6.45, 7) is 4.23. The molecule has 0 aliphatic carbocycles. The van der Waals surface area contributed by atoms with E-state index in [-0.39, 0.29) is 11.7 Å².